The summed E-state index contributed by atoms with van der Waals surface area (Å²) in [5, 5.41) is 9.54. The number of para-hydroxylation sites is 1. The van der Waals surface area contributed by atoms with Gasteiger partial charge in [0.05, 0.1) is 5.75 Å². The van der Waals surface area contributed by atoms with Crippen molar-refractivity contribution in [1.82, 2.24) is 15.2 Å². The highest BCUT2D eigenvalue weighted by Crippen LogP contribution is 2.27. The number of carbonyl (C=O) groups excluding carboxylic acids is 1. The fourth-order valence-electron chi connectivity index (χ4n) is 3.32. The molecule has 0 aliphatic rings. The van der Waals surface area contributed by atoms with Crippen LogP contribution in [0.3, 0.4) is 0 Å². The molecule has 0 spiro atoms. The van der Waals surface area contributed by atoms with Gasteiger partial charge in [-0.3, -0.25) is 4.79 Å². The maximum Gasteiger partial charge on any atom is 0.277 e. The van der Waals surface area contributed by atoms with Crippen LogP contribution in [-0.2, 0) is 0 Å². The molecule has 0 unspecified atom stereocenters. The molecule has 2 heterocycles. The van der Waals surface area contributed by atoms with Crippen molar-refractivity contribution in [3.05, 3.63) is 64.8 Å². The van der Waals surface area contributed by atoms with E-state index in [-0.39, 0.29) is 11.5 Å². The third kappa shape index (κ3) is 3.53. The minimum atomic E-state index is 0.0427. The highest BCUT2D eigenvalue weighted by atomic mass is 32.2. The van der Waals surface area contributed by atoms with Crippen LogP contribution in [-0.4, -0.2) is 26.7 Å². The lowest BCUT2D eigenvalue weighted by atomic mass is 10.1. The Hall–Kier alpha value is -2.86. The second kappa shape index (κ2) is 7.04. The van der Waals surface area contributed by atoms with E-state index in [0.29, 0.717) is 11.1 Å². The van der Waals surface area contributed by atoms with Crippen LogP contribution in [0.15, 0.2) is 52.1 Å². The van der Waals surface area contributed by atoms with Crippen molar-refractivity contribution in [2.75, 3.05) is 5.75 Å². The van der Waals surface area contributed by atoms with E-state index in [1.54, 1.807) is 0 Å². The van der Waals surface area contributed by atoms with Crippen LogP contribution < -0.4 is 0 Å². The number of aromatic nitrogens is 3. The third-order valence-corrected chi connectivity index (χ3v) is 5.19. The zero-order valence-electron chi connectivity index (χ0n) is 15.4. The first-order valence-corrected chi connectivity index (χ1v) is 9.65. The standard InChI is InChI=1S/C21H19N3O2S/c1-12-8-13(2)10-15(9-12)20-23-24-21(26-20)27-11-18(25)19-14(3)22-17-7-5-4-6-16(17)19/h4-10,22H,11H2,1-3H3. The zero-order chi connectivity index (χ0) is 19.0. The predicted molar refractivity (Wildman–Crippen MR) is 107 cm³/mol. The van der Waals surface area contributed by atoms with Crippen LogP contribution in [0.1, 0.15) is 27.2 Å². The maximum absolute atomic E-state index is 12.7. The Morgan fingerprint density at radius 3 is 2.59 bits per heavy atom. The second-order valence-electron chi connectivity index (χ2n) is 6.63. The number of Topliss-reactive ketones (excluding diaryl/α,β-unsaturated/α-hetero) is 1. The Morgan fingerprint density at radius 1 is 1.07 bits per heavy atom. The Morgan fingerprint density at radius 2 is 1.81 bits per heavy atom. The van der Waals surface area contributed by atoms with Gasteiger partial charge in [0.25, 0.3) is 5.22 Å². The molecule has 0 aliphatic heterocycles. The Balaban J connectivity index is 1.51. The number of aromatic amines is 1. The molecular weight excluding hydrogens is 358 g/mol. The van der Waals surface area contributed by atoms with Crippen LogP contribution in [0, 0.1) is 20.8 Å². The second-order valence-corrected chi connectivity index (χ2v) is 7.56. The third-order valence-electron chi connectivity index (χ3n) is 4.37. The van der Waals surface area contributed by atoms with Gasteiger partial charge in [-0.1, -0.05) is 47.2 Å². The number of rotatable bonds is 5. The van der Waals surface area contributed by atoms with E-state index in [2.05, 4.69) is 21.2 Å². The molecule has 27 heavy (non-hydrogen) atoms. The Bertz CT molecular complexity index is 1120. The smallest absolute Gasteiger partial charge is 0.277 e. The van der Waals surface area contributed by atoms with Gasteiger partial charge in [0.15, 0.2) is 5.78 Å². The number of aryl methyl sites for hydroxylation is 3. The van der Waals surface area contributed by atoms with Crippen molar-refractivity contribution in [3.63, 3.8) is 0 Å². The Kier molecular flexibility index (Phi) is 4.58. The predicted octanol–water partition coefficient (Wildman–Crippen LogP) is 5.12. The van der Waals surface area contributed by atoms with E-state index in [9.17, 15) is 4.79 Å². The summed E-state index contributed by atoms with van der Waals surface area (Å²) in [6.07, 6.45) is 0. The number of fused-ring (bicyclic) bond motifs is 1. The van der Waals surface area contributed by atoms with Gasteiger partial charge in [-0.15, -0.1) is 10.2 Å². The number of H-pyrrole nitrogens is 1. The van der Waals surface area contributed by atoms with E-state index in [4.69, 9.17) is 4.42 Å². The lowest BCUT2D eigenvalue weighted by Gasteiger charge is -2.00. The van der Waals surface area contributed by atoms with Crippen LogP contribution in [0.25, 0.3) is 22.4 Å². The molecular formula is C21H19N3O2S. The molecule has 0 saturated heterocycles. The number of thioether (sulfide) groups is 1. The summed E-state index contributed by atoms with van der Waals surface area (Å²) in [6, 6.07) is 13.9. The molecule has 0 atom stereocenters. The molecule has 2 aromatic heterocycles. The lowest BCUT2D eigenvalue weighted by Crippen LogP contribution is -2.03. The van der Waals surface area contributed by atoms with Gasteiger partial charge >= 0.3 is 0 Å². The van der Waals surface area contributed by atoms with Crippen molar-refractivity contribution in [3.8, 4) is 11.5 Å². The number of hydrogen-bond acceptors (Lipinski definition) is 5. The molecule has 4 rings (SSSR count). The fraction of sp³-hybridized carbons (Fsp3) is 0.190. The van der Waals surface area contributed by atoms with Crippen LogP contribution in [0.4, 0.5) is 0 Å². The summed E-state index contributed by atoms with van der Waals surface area (Å²) < 4.78 is 5.75. The zero-order valence-corrected chi connectivity index (χ0v) is 16.2. The fourth-order valence-corrected chi connectivity index (χ4v) is 3.95. The molecule has 6 heteroatoms. The number of hydrogen-bond donors (Lipinski definition) is 1. The molecule has 0 aliphatic carbocycles. The molecule has 0 bridgehead atoms. The minimum absolute atomic E-state index is 0.0427. The van der Waals surface area contributed by atoms with Crippen LogP contribution in [0.5, 0.6) is 0 Å². The van der Waals surface area contributed by atoms with Gasteiger partial charge in [0, 0.05) is 27.7 Å². The summed E-state index contributed by atoms with van der Waals surface area (Å²) in [7, 11) is 0. The number of ketones is 1. The molecule has 0 saturated carbocycles. The van der Waals surface area contributed by atoms with Gasteiger partial charge in [-0.2, -0.15) is 0 Å². The summed E-state index contributed by atoms with van der Waals surface area (Å²) in [4.78, 5) is 16.0. The lowest BCUT2D eigenvalue weighted by molar-refractivity contribution is 0.102. The Labute approximate surface area is 161 Å². The monoisotopic (exact) mass is 377 g/mol. The van der Waals surface area contributed by atoms with Crippen LogP contribution >= 0.6 is 11.8 Å². The molecule has 0 radical (unpaired) electrons. The topological polar surface area (TPSA) is 71.8 Å². The molecule has 0 fully saturated rings. The van der Waals surface area contributed by atoms with E-state index in [1.807, 2.05) is 57.2 Å². The molecule has 5 nitrogen and oxygen atoms in total. The molecule has 4 aromatic rings. The summed E-state index contributed by atoms with van der Waals surface area (Å²) in [5.41, 5.74) is 5.75. The number of benzene rings is 2. The van der Waals surface area contributed by atoms with Gasteiger partial charge in [0.2, 0.25) is 5.89 Å². The van der Waals surface area contributed by atoms with Crippen molar-refractivity contribution in [2.24, 2.45) is 0 Å². The van der Waals surface area contributed by atoms with Crippen molar-refractivity contribution >= 4 is 28.4 Å². The average molecular weight is 377 g/mol. The first kappa shape index (κ1) is 17.5. The van der Waals surface area contributed by atoms with Crippen molar-refractivity contribution in [2.45, 2.75) is 26.0 Å². The molecule has 1 N–H and O–H groups in total. The first-order chi connectivity index (χ1) is 13.0. The molecule has 0 amide bonds. The van der Waals surface area contributed by atoms with Gasteiger partial charge in [-0.05, 0) is 39.0 Å². The largest absolute Gasteiger partial charge is 0.411 e. The average Bonchev–Trinajstić information content (AvgIpc) is 3.22. The highest BCUT2D eigenvalue weighted by Gasteiger charge is 2.18. The number of nitrogens with zero attached hydrogens (tertiary/aromatic N) is 2. The summed E-state index contributed by atoms with van der Waals surface area (Å²) in [6.45, 7) is 5.98. The van der Waals surface area contributed by atoms with Crippen molar-refractivity contribution in [1.29, 1.82) is 0 Å². The normalized spacial score (nSPS) is 11.2. The van der Waals surface area contributed by atoms with E-state index >= 15 is 0 Å². The van der Waals surface area contributed by atoms with Crippen molar-refractivity contribution < 1.29 is 9.21 Å². The van der Waals surface area contributed by atoms with Gasteiger partial charge in [-0.25, -0.2) is 0 Å². The highest BCUT2D eigenvalue weighted by molar-refractivity contribution is 7.99. The molecule has 2 aromatic carbocycles. The number of carbonyl (C=O) groups is 1. The first-order valence-electron chi connectivity index (χ1n) is 8.67. The quantitative estimate of drug-likeness (QED) is 0.386. The molecule has 136 valence electrons. The SMILES string of the molecule is Cc1cc(C)cc(-c2nnc(SCC(=O)c3c(C)[nH]c4ccccc34)o2)c1. The van der Waals surface area contributed by atoms with Gasteiger partial charge in [0.1, 0.15) is 0 Å². The van der Waals surface area contributed by atoms with E-state index in [1.165, 1.54) is 11.8 Å². The number of nitrogens with one attached hydrogen (secondary N) is 1. The minimum Gasteiger partial charge on any atom is -0.411 e. The summed E-state index contributed by atoms with van der Waals surface area (Å²) in [5.74, 6) is 0.762. The maximum atomic E-state index is 12.7. The van der Waals surface area contributed by atoms with Gasteiger partial charge < -0.3 is 9.40 Å². The van der Waals surface area contributed by atoms with E-state index < -0.39 is 0 Å². The summed E-state index contributed by atoms with van der Waals surface area (Å²) >= 11 is 1.26. The van der Waals surface area contributed by atoms with E-state index in [0.717, 1.165) is 38.9 Å². The van der Waals surface area contributed by atoms with Crippen LogP contribution in [0.2, 0.25) is 0 Å².